The third kappa shape index (κ3) is 5.47. The molecule has 2 amide bonds. The molecule has 0 aliphatic carbocycles. The first kappa shape index (κ1) is 20.8. The highest BCUT2D eigenvalue weighted by Gasteiger charge is 2.15. The molecule has 2 aromatic rings. The van der Waals surface area contributed by atoms with Crippen LogP contribution in [0.15, 0.2) is 47.6 Å². The van der Waals surface area contributed by atoms with Crippen molar-refractivity contribution in [2.45, 2.75) is 6.42 Å². The molecule has 8 heteroatoms. The van der Waals surface area contributed by atoms with Crippen LogP contribution in [0.5, 0.6) is 17.2 Å². The van der Waals surface area contributed by atoms with E-state index in [2.05, 4.69) is 15.8 Å². The minimum Gasteiger partial charge on any atom is -0.493 e. The van der Waals surface area contributed by atoms with Gasteiger partial charge in [0.2, 0.25) is 5.75 Å². The summed E-state index contributed by atoms with van der Waals surface area (Å²) in [5, 5.41) is 6.36. The number of carbonyl (C=O) groups excluding carboxylic acids is 2. The standard InChI is InChI=1S/C20H23N3O5/c1-26-16-10-9-15(17(27-2)18(16)28-3)13-22-23-20(25)19(24)21-12-11-14-7-5-4-6-8-14/h4-10,13H,11-12H2,1-3H3,(H,21,24)(H,23,25)/b22-13-. The Hall–Kier alpha value is -3.55. The maximum Gasteiger partial charge on any atom is 0.329 e. The summed E-state index contributed by atoms with van der Waals surface area (Å²) in [5.41, 5.74) is 3.81. The number of hydrazone groups is 1. The van der Waals surface area contributed by atoms with Crippen molar-refractivity contribution in [3.63, 3.8) is 0 Å². The molecular formula is C20H23N3O5. The van der Waals surface area contributed by atoms with Crippen LogP contribution in [0.2, 0.25) is 0 Å². The summed E-state index contributed by atoms with van der Waals surface area (Å²) in [7, 11) is 4.48. The number of ether oxygens (including phenoxy) is 3. The van der Waals surface area contributed by atoms with Crippen LogP contribution in [0.3, 0.4) is 0 Å². The fourth-order valence-corrected chi connectivity index (χ4v) is 2.48. The predicted molar refractivity (Wildman–Crippen MR) is 105 cm³/mol. The Morgan fingerprint density at radius 1 is 0.929 bits per heavy atom. The monoisotopic (exact) mass is 385 g/mol. The number of hydrogen-bond acceptors (Lipinski definition) is 6. The quantitative estimate of drug-likeness (QED) is 0.408. The average molecular weight is 385 g/mol. The minimum atomic E-state index is -0.858. The highest BCUT2D eigenvalue weighted by atomic mass is 16.5. The van der Waals surface area contributed by atoms with Crippen LogP contribution in [0, 0.1) is 0 Å². The number of hydrogen-bond donors (Lipinski definition) is 2. The maximum atomic E-state index is 11.8. The summed E-state index contributed by atoms with van der Waals surface area (Å²) in [6.45, 7) is 0.351. The van der Waals surface area contributed by atoms with Crippen molar-refractivity contribution in [3.05, 3.63) is 53.6 Å². The maximum absolute atomic E-state index is 11.8. The number of amides is 2. The molecule has 2 N–H and O–H groups in total. The zero-order chi connectivity index (χ0) is 20.4. The molecule has 0 bridgehead atoms. The summed E-state index contributed by atoms with van der Waals surface area (Å²) in [6, 6.07) is 13.0. The molecule has 28 heavy (non-hydrogen) atoms. The van der Waals surface area contributed by atoms with E-state index in [0.717, 1.165) is 5.56 Å². The van der Waals surface area contributed by atoms with Crippen molar-refractivity contribution in [1.29, 1.82) is 0 Å². The highest BCUT2D eigenvalue weighted by Crippen LogP contribution is 2.38. The van der Waals surface area contributed by atoms with E-state index in [4.69, 9.17) is 14.2 Å². The van der Waals surface area contributed by atoms with Crippen LogP contribution >= 0.6 is 0 Å². The molecule has 0 aliphatic heterocycles. The summed E-state index contributed by atoms with van der Waals surface area (Å²) < 4.78 is 15.8. The fourth-order valence-electron chi connectivity index (χ4n) is 2.48. The van der Waals surface area contributed by atoms with Gasteiger partial charge in [-0.15, -0.1) is 0 Å². The van der Waals surface area contributed by atoms with Crippen LogP contribution < -0.4 is 25.0 Å². The minimum absolute atomic E-state index is 0.351. The van der Waals surface area contributed by atoms with Gasteiger partial charge >= 0.3 is 11.8 Å². The van der Waals surface area contributed by atoms with Crippen molar-refractivity contribution in [2.75, 3.05) is 27.9 Å². The highest BCUT2D eigenvalue weighted by molar-refractivity contribution is 6.35. The molecule has 2 rings (SSSR count). The molecule has 0 radical (unpaired) electrons. The SMILES string of the molecule is COc1ccc(/C=N\NC(=O)C(=O)NCCc2ccccc2)c(OC)c1OC. The molecule has 148 valence electrons. The zero-order valence-corrected chi connectivity index (χ0v) is 16.0. The molecule has 0 atom stereocenters. The Morgan fingerprint density at radius 3 is 2.29 bits per heavy atom. The molecule has 0 spiro atoms. The lowest BCUT2D eigenvalue weighted by Gasteiger charge is -2.13. The normalized spacial score (nSPS) is 10.4. The van der Waals surface area contributed by atoms with Gasteiger partial charge in [0.1, 0.15) is 0 Å². The van der Waals surface area contributed by atoms with Crippen molar-refractivity contribution >= 4 is 18.0 Å². The van der Waals surface area contributed by atoms with Gasteiger partial charge in [0, 0.05) is 12.1 Å². The molecular weight excluding hydrogens is 362 g/mol. The second kappa shape index (κ2) is 10.6. The van der Waals surface area contributed by atoms with E-state index in [-0.39, 0.29) is 0 Å². The van der Waals surface area contributed by atoms with Gasteiger partial charge in [-0.1, -0.05) is 30.3 Å². The topological polar surface area (TPSA) is 98.2 Å². The van der Waals surface area contributed by atoms with Crippen LogP contribution in [-0.2, 0) is 16.0 Å². The number of methoxy groups -OCH3 is 3. The smallest absolute Gasteiger partial charge is 0.329 e. The van der Waals surface area contributed by atoms with E-state index >= 15 is 0 Å². The Morgan fingerprint density at radius 2 is 1.64 bits per heavy atom. The Kier molecular flexibility index (Phi) is 7.83. The number of rotatable bonds is 8. The van der Waals surface area contributed by atoms with Gasteiger partial charge in [0.05, 0.1) is 27.5 Å². The lowest BCUT2D eigenvalue weighted by Crippen LogP contribution is -2.38. The summed E-state index contributed by atoms with van der Waals surface area (Å²) in [5.74, 6) is -0.319. The molecule has 0 saturated heterocycles. The third-order valence-corrected chi connectivity index (χ3v) is 3.85. The zero-order valence-electron chi connectivity index (χ0n) is 16.0. The lowest BCUT2D eigenvalue weighted by molar-refractivity contribution is -0.139. The molecule has 0 unspecified atom stereocenters. The number of nitrogens with zero attached hydrogens (tertiary/aromatic N) is 1. The number of nitrogens with one attached hydrogen (secondary N) is 2. The lowest BCUT2D eigenvalue weighted by atomic mass is 10.1. The fraction of sp³-hybridized carbons (Fsp3) is 0.250. The predicted octanol–water partition coefficient (Wildman–Crippen LogP) is 1.52. The van der Waals surface area contributed by atoms with E-state index in [1.165, 1.54) is 27.5 Å². The van der Waals surface area contributed by atoms with Crippen LogP contribution in [0.4, 0.5) is 0 Å². The Bertz CT molecular complexity index is 837. The molecule has 0 aliphatic rings. The molecule has 8 nitrogen and oxygen atoms in total. The first-order valence-corrected chi connectivity index (χ1v) is 8.54. The second-order valence-electron chi connectivity index (χ2n) is 5.61. The van der Waals surface area contributed by atoms with Crippen LogP contribution in [0.25, 0.3) is 0 Å². The first-order valence-electron chi connectivity index (χ1n) is 8.54. The Labute approximate surface area is 163 Å². The van der Waals surface area contributed by atoms with Crippen molar-refractivity contribution < 1.29 is 23.8 Å². The molecule has 0 saturated carbocycles. The molecule has 0 heterocycles. The number of benzene rings is 2. The van der Waals surface area contributed by atoms with Crippen molar-refractivity contribution in [2.24, 2.45) is 5.10 Å². The second-order valence-corrected chi connectivity index (χ2v) is 5.61. The van der Waals surface area contributed by atoms with Crippen LogP contribution in [-0.4, -0.2) is 45.9 Å². The van der Waals surface area contributed by atoms with Gasteiger partial charge in [0.25, 0.3) is 0 Å². The van der Waals surface area contributed by atoms with Gasteiger partial charge in [-0.3, -0.25) is 9.59 Å². The molecule has 0 fully saturated rings. The molecule has 2 aromatic carbocycles. The van der Waals surface area contributed by atoms with Gasteiger partial charge < -0.3 is 19.5 Å². The number of carbonyl (C=O) groups is 2. The first-order chi connectivity index (χ1) is 13.6. The summed E-state index contributed by atoms with van der Waals surface area (Å²) in [4.78, 5) is 23.7. The summed E-state index contributed by atoms with van der Waals surface area (Å²) >= 11 is 0. The largest absolute Gasteiger partial charge is 0.493 e. The van der Waals surface area contributed by atoms with Crippen molar-refractivity contribution in [1.82, 2.24) is 10.7 Å². The van der Waals surface area contributed by atoms with Gasteiger partial charge in [0.15, 0.2) is 11.5 Å². The van der Waals surface area contributed by atoms with E-state index in [0.29, 0.717) is 35.8 Å². The van der Waals surface area contributed by atoms with E-state index < -0.39 is 11.8 Å². The molecule has 0 aromatic heterocycles. The third-order valence-electron chi connectivity index (χ3n) is 3.85. The van der Waals surface area contributed by atoms with Crippen LogP contribution in [0.1, 0.15) is 11.1 Å². The average Bonchev–Trinajstić information content (AvgIpc) is 2.73. The van der Waals surface area contributed by atoms with E-state index in [1.807, 2.05) is 30.3 Å². The van der Waals surface area contributed by atoms with Gasteiger partial charge in [-0.05, 0) is 24.1 Å². The van der Waals surface area contributed by atoms with Gasteiger partial charge in [-0.2, -0.15) is 5.10 Å². The van der Waals surface area contributed by atoms with E-state index in [1.54, 1.807) is 12.1 Å². The summed E-state index contributed by atoms with van der Waals surface area (Å²) in [6.07, 6.45) is 1.99. The van der Waals surface area contributed by atoms with E-state index in [9.17, 15) is 9.59 Å². The Balaban J connectivity index is 1.91. The van der Waals surface area contributed by atoms with Crippen molar-refractivity contribution in [3.8, 4) is 17.2 Å². The van der Waals surface area contributed by atoms with Gasteiger partial charge in [-0.25, -0.2) is 5.43 Å².